The Kier molecular flexibility index (Phi) is 8.12. The van der Waals surface area contributed by atoms with Crippen molar-refractivity contribution in [3.8, 4) is 11.5 Å². The molecular weight excluding hydrogens is 516 g/mol. The summed E-state index contributed by atoms with van der Waals surface area (Å²) in [5.41, 5.74) is 2.46. The van der Waals surface area contributed by atoms with Gasteiger partial charge >= 0.3 is 0 Å². The smallest absolute Gasteiger partial charge is 0.175 e. The highest BCUT2D eigenvalue weighted by Gasteiger charge is 2.14. The molecule has 0 spiro atoms. The highest BCUT2D eigenvalue weighted by atomic mass is 79.9. The lowest BCUT2D eigenvalue weighted by atomic mass is 10.2. The predicted molar refractivity (Wildman–Crippen MR) is 125 cm³/mol. The van der Waals surface area contributed by atoms with Gasteiger partial charge in [-0.3, -0.25) is 0 Å². The summed E-state index contributed by atoms with van der Waals surface area (Å²) in [7, 11) is 0. The molecule has 0 aliphatic rings. The number of ether oxygens (including phenoxy) is 2. The van der Waals surface area contributed by atoms with E-state index in [2.05, 4.69) is 21.2 Å². The summed E-state index contributed by atoms with van der Waals surface area (Å²) in [6.45, 7) is 3.07. The van der Waals surface area contributed by atoms with E-state index in [1.165, 1.54) is 12.1 Å². The van der Waals surface area contributed by atoms with Gasteiger partial charge in [-0.05, 0) is 70.9 Å². The maximum atomic E-state index is 13.2. The van der Waals surface area contributed by atoms with Crippen molar-refractivity contribution >= 4 is 56.4 Å². The van der Waals surface area contributed by atoms with Crippen molar-refractivity contribution in [1.29, 1.82) is 0 Å². The van der Waals surface area contributed by atoms with Gasteiger partial charge in [0.15, 0.2) is 11.5 Å². The average Bonchev–Trinajstić information content (AvgIpc) is 2.66. The van der Waals surface area contributed by atoms with Crippen molar-refractivity contribution in [3.63, 3.8) is 0 Å². The van der Waals surface area contributed by atoms with Crippen LogP contribution in [0.25, 0.3) is 0 Å². The van der Waals surface area contributed by atoms with Gasteiger partial charge in [-0.1, -0.05) is 40.9 Å². The first-order valence-corrected chi connectivity index (χ1v) is 11.0. The Bertz CT molecular complexity index is 1030. The standard InChI is InChI=1S/C22H18BrCl3FNO2/c1-2-29-21-6-13(11-28-18-8-15(24)7-16(25)9-18)5-19(23)22(21)30-12-14-3-4-17(27)10-20(14)26/h3-10,28H,2,11-12H2,1H3. The minimum Gasteiger partial charge on any atom is -0.490 e. The Labute approximate surface area is 198 Å². The second-order valence-electron chi connectivity index (χ2n) is 6.37. The van der Waals surface area contributed by atoms with Crippen LogP contribution in [0.15, 0.2) is 53.0 Å². The molecule has 0 atom stereocenters. The van der Waals surface area contributed by atoms with Gasteiger partial charge in [-0.2, -0.15) is 0 Å². The second kappa shape index (κ2) is 10.6. The lowest BCUT2D eigenvalue weighted by Crippen LogP contribution is -2.04. The van der Waals surface area contributed by atoms with Crippen LogP contribution in [-0.4, -0.2) is 6.61 Å². The summed E-state index contributed by atoms with van der Waals surface area (Å²) in [5.74, 6) is 0.746. The largest absolute Gasteiger partial charge is 0.490 e. The number of nitrogens with one attached hydrogen (secondary N) is 1. The molecule has 0 fully saturated rings. The fourth-order valence-corrected chi connectivity index (χ4v) is 4.13. The van der Waals surface area contributed by atoms with Crippen LogP contribution in [-0.2, 0) is 13.2 Å². The first kappa shape index (κ1) is 23.0. The molecule has 158 valence electrons. The molecule has 0 saturated carbocycles. The van der Waals surface area contributed by atoms with E-state index in [4.69, 9.17) is 44.3 Å². The zero-order chi connectivity index (χ0) is 21.7. The van der Waals surface area contributed by atoms with Crippen molar-refractivity contribution in [2.24, 2.45) is 0 Å². The number of rotatable bonds is 8. The van der Waals surface area contributed by atoms with Crippen molar-refractivity contribution in [2.75, 3.05) is 11.9 Å². The summed E-state index contributed by atoms with van der Waals surface area (Å²) in [6, 6.07) is 13.3. The van der Waals surface area contributed by atoms with Crippen molar-refractivity contribution in [3.05, 3.63) is 85.0 Å². The molecule has 8 heteroatoms. The average molecular weight is 534 g/mol. The molecule has 30 heavy (non-hydrogen) atoms. The molecule has 3 aromatic rings. The Balaban J connectivity index is 1.77. The topological polar surface area (TPSA) is 30.5 Å². The van der Waals surface area contributed by atoms with Crippen LogP contribution >= 0.6 is 50.7 Å². The highest BCUT2D eigenvalue weighted by molar-refractivity contribution is 9.10. The maximum absolute atomic E-state index is 13.2. The van der Waals surface area contributed by atoms with Gasteiger partial charge in [0.25, 0.3) is 0 Å². The van der Waals surface area contributed by atoms with Crippen LogP contribution in [0.1, 0.15) is 18.1 Å². The normalized spacial score (nSPS) is 10.7. The zero-order valence-electron chi connectivity index (χ0n) is 15.9. The number of benzene rings is 3. The molecular formula is C22H18BrCl3FNO2. The number of hydrogen-bond acceptors (Lipinski definition) is 3. The molecule has 3 nitrogen and oxygen atoms in total. The fourth-order valence-electron chi connectivity index (χ4n) is 2.78. The Morgan fingerprint density at radius 1 is 0.967 bits per heavy atom. The van der Waals surface area contributed by atoms with Crippen LogP contribution in [0.2, 0.25) is 15.1 Å². The van der Waals surface area contributed by atoms with Crippen LogP contribution in [0.3, 0.4) is 0 Å². The molecule has 0 radical (unpaired) electrons. The van der Waals surface area contributed by atoms with Gasteiger partial charge in [0.05, 0.1) is 16.1 Å². The fraction of sp³-hybridized carbons (Fsp3) is 0.182. The first-order valence-electron chi connectivity index (χ1n) is 9.07. The third-order valence-corrected chi connectivity index (χ3v) is 5.49. The molecule has 3 rings (SSSR count). The van der Waals surface area contributed by atoms with E-state index < -0.39 is 5.82 Å². The van der Waals surface area contributed by atoms with E-state index in [1.807, 2.05) is 19.1 Å². The molecule has 0 amide bonds. The van der Waals surface area contributed by atoms with E-state index in [9.17, 15) is 4.39 Å². The van der Waals surface area contributed by atoms with E-state index in [-0.39, 0.29) is 6.61 Å². The quantitative estimate of drug-likeness (QED) is 0.317. The number of hydrogen-bond donors (Lipinski definition) is 1. The van der Waals surface area contributed by atoms with E-state index in [1.54, 1.807) is 24.3 Å². The molecule has 0 aliphatic heterocycles. The van der Waals surface area contributed by atoms with Gasteiger partial charge in [-0.25, -0.2) is 4.39 Å². The molecule has 0 saturated heterocycles. The maximum Gasteiger partial charge on any atom is 0.175 e. The van der Waals surface area contributed by atoms with Crippen molar-refractivity contribution < 1.29 is 13.9 Å². The molecule has 3 aromatic carbocycles. The van der Waals surface area contributed by atoms with E-state index >= 15 is 0 Å². The first-order chi connectivity index (χ1) is 14.4. The van der Waals surface area contributed by atoms with Gasteiger partial charge in [0.2, 0.25) is 0 Å². The van der Waals surface area contributed by atoms with E-state index in [0.717, 1.165) is 15.7 Å². The number of anilines is 1. The Morgan fingerprint density at radius 2 is 1.70 bits per heavy atom. The summed E-state index contributed by atoms with van der Waals surface area (Å²) in [6.07, 6.45) is 0. The van der Waals surface area contributed by atoms with Gasteiger partial charge in [-0.15, -0.1) is 0 Å². The lowest BCUT2D eigenvalue weighted by Gasteiger charge is -2.16. The predicted octanol–water partition coefficient (Wildman–Crippen LogP) is 8.14. The third kappa shape index (κ3) is 6.17. The zero-order valence-corrected chi connectivity index (χ0v) is 19.8. The Morgan fingerprint density at radius 3 is 2.37 bits per heavy atom. The van der Waals surface area contributed by atoms with Crippen LogP contribution in [0.5, 0.6) is 11.5 Å². The van der Waals surface area contributed by atoms with E-state index in [0.29, 0.717) is 45.3 Å². The van der Waals surface area contributed by atoms with Crippen molar-refractivity contribution in [1.82, 2.24) is 0 Å². The van der Waals surface area contributed by atoms with Crippen LogP contribution < -0.4 is 14.8 Å². The molecule has 0 aromatic heterocycles. The van der Waals surface area contributed by atoms with Gasteiger partial charge < -0.3 is 14.8 Å². The van der Waals surface area contributed by atoms with Crippen LogP contribution in [0, 0.1) is 5.82 Å². The van der Waals surface area contributed by atoms with Crippen LogP contribution in [0.4, 0.5) is 10.1 Å². The minimum atomic E-state index is -0.391. The minimum absolute atomic E-state index is 0.177. The summed E-state index contributed by atoms with van der Waals surface area (Å²) in [5, 5.41) is 4.72. The van der Waals surface area contributed by atoms with Crippen molar-refractivity contribution in [2.45, 2.75) is 20.1 Å². The highest BCUT2D eigenvalue weighted by Crippen LogP contribution is 2.38. The third-order valence-electron chi connectivity index (χ3n) is 4.12. The molecule has 0 unspecified atom stereocenters. The molecule has 0 heterocycles. The van der Waals surface area contributed by atoms with Gasteiger partial charge in [0.1, 0.15) is 12.4 Å². The molecule has 0 aliphatic carbocycles. The number of halogens is 5. The molecule has 0 bridgehead atoms. The lowest BCUT2D eigenvalue weighted by molar-refractivity contribution is 0.267. The summed E-state index contributed by atoms with van der Waals surface area (Å²) >= 11 is 21.7. The van der Waals surface area contributed by atoms with Gasteiger partial charge in [0, 0.05) is 27.8 Å². The monoisotopic (exact) mass is 531 g/mol. The summed E-state index contributed by atoms with van der Waals surface area (Å²) < 4.78 is 25.7. The molecule has 1 N–H and O–H groups in total. The SMILES string of the molecule is CCOc1cc(CNc2cc(Cl)cc(Cl)c2)cc(Br)c1OCc1ccc(F)cc1Cl. The summed E-state index contributed by atoms with van der Waals surface area (Å²) in [4.78, 5) is 0. The second-order valence-corrected chi connectivity index (χ2v) is 8.51. The Hall–Kier alpha value is -1.66.